The van der Waals surface area contributed by atoms with Gasteiger partial charge in [0, 0.05) is 17.7 Å². The van der Waals surface area contributed by atoms with Gasteiger partial charge in [0.2, 0.25) is 11.6 Å². The first-order valence-electron chi connectivity index (χ1n) is 8.24. The van der Waals surface area contributed by atoms with Crippen molar-refractivity contribution in [3.05, 3.63) is 34.4 Å². The zero-order valence-electron chi connectivity index (χ0n) is 13.9. The van der Waals surface area contributed by atoms with Crippen LogP contribution in [0.3, 0.4) is 0 Å². The summed E-state index contributed by atoms with van der Waals surface area (Å²) < 4.78 is 0. The molecule has 23 heavy (non-hydrogen) atoms. The highest BCUT2D eigenvalue weighted by molar-refractivity contribution is 6.52. The van der Waals surface area contributed by atoms with E-state index in [1.165, 1.54) is 0 Å². The summed E-state index contributed by atoms with van der Waals surface area (Å²) in [6, 6.07) is 3.84. The van der Waals surface area contributed by atoms with Gasteiger partial charge in [-0.2, -0.15) is 0 Å². The SMILES string of the molecule is CC(CO)C1C(=N)c2ccc3c(c2C(=O)C1=O)CCCC3(C)C. The second-order valence-corrected chi connectivity index (χ2v) is 7.50. The molecule has 2 unspecified atom stereocenters. The minimum absolute atomic E-state index is 0.0105. The zero-order valence-corrected chi connectivity index (χ0v) is 13.9. The molecule has 0 amide bonds. The average Bonchev–Trinajstić information content (AvgIpc) is 2.51. The van der Waals surface area contributed by atoms with Crippen molar-refractivity contribution < 1.29 is 14.7 Å². The largest absolute Gasteiger partial charge is 0.396 e. The molecule has 1 aromatic carbocycles. The normalized spacial score (nSPS) is 24.2. The lowest BCUT2D eigenvalue weighted by Gasteiger charge is -2.36. The Hall–Kier alpha value is -1.81. The molecule has 2 aliphatic rings. The van der Waals surface area contributed by atoms with Crippen LogP contribution in [0.25, 0.3) is 0 Å². The van der Waals surface area contributed by atoms with Crippen molar-refractivity contribution in [2.24, 2.45) is 11.8 Å². The maximum atomic E-state index is 12.7. The van der Waals surface area contributed by atoms with E-state index in [2.05, 4.69) is 13.8 Å². The maximum absolute atomic E-state index is 12.7. The van der Waals surface area contributed by atoms with Crippen molar-refractivity contribution in [1.82, 2.24) is 0 Å². The lowest BCUT2D eigenvalue weighted by atomic mass is 9.67. The number of aliphatic hydroxyl groups excluding tert-OH is 1. The van der Waals surface area contributed by atoms with E-state index in [0.717, 1.165) is 30.4 Å². The molecular formula is C19H23NO3. The predicted molar refractivity (Wildman–Crippen MR) is 88.3 cm³/mol. The van der Waals surface area contributed by atoms with E-state index in [1.54, 1.807) is 6.92 Å². The first-order chi connectivity index (χ1) is 10.8. The average molecular weight is 313 g/mol. The highest BCUT2D eigenvalue weighted by Gasteiger charge is 2.43. The first-order valence-corrected chi connectivity index (χ1v) is 8.24. The summed E-state index contributed by atoms with van der Waals surface area (Å²) >= 11 is 0. The molecule has 0 aliphatic heterocycles. The fraction of sp³-hybridized carbons (Fsp3) is 0.526. The Bertz CT molecular complexity index is 718. The number of nitrogens with one attached hydrogen (secondary N) is 1. The number of rotatable bonds is 2. The Morgan fingerprint density at radius 2 is 2.04 bits per heavy atom. The number of ketones is 2. The summed E-state index contributed by atoms with van der Waals surface area (Å²) in [5.74, 6) is -2.26. The fourth-order valence-corrected chi connectivity index (χ4v) is 4.08. The van der Waals surface area contributed by atoms with Crippen LogP contribution >= 0.6 is 0 Å². The quantitative estimate of drug-likeness (QED) is 0.824. The van der Waals surface area contributed by atoms with Crippen LogP contribution < -0.4 is 0 Å². The third-order valence-corrected chi connectivity index (χ3v) is 5.46. The number of benzene rings is 1. The van der Waals surface area contributed by atoms with Crippen LogP contribution in [-0.4, -0.2) is 29.0 Å². The number of hydrogen-bond acceptors (Lipinski definition) is 4. The molecule has 3 rings (SSSR count). The summed E-state index contributed by atoms with van der Waals surface area (Å²) in [6.45, 7) is 5.82. The van der Waals surface area contributed by atoms with Crippen LogP contribution in [0.5, 0.6) is 0 Å². The molecule has 0 bridgehead atoms. The van der Waals surface area contributed by atoms with Gasteiger partial charge >= 0.3 is 0 Å². The van der Waals surface area contributed by atoms with E-state index in [-0.39, 0.29) is 17.7 Å². The molecule has 0 aromatic heterocycles. The molecule has 0 heterocycles. The lowest BCUT2D eigenvalue weighted by Crippen LogP contribution is -2.43. The Labute approximate surface area is 136 Å². The van der Waals surface area contributed by atoms with Crippen LogP contribution in [0.1, 0.15) is 60.7 Å². The van der Waals surface area contributed by atoms with Gasteiger partial charge in [0.1, 0.15) is 0 Å². The summed E-state index contributed by atoms with van der Waals surface area (Å²) in [6.07, 6.45) is 2.83. The maximum Gasteiger partial charge on any atom is 0.230 e. The Balaban J connectivity index is 2.21. The molecule has 4 nitrogen and oxygen atoms in total. The van der Waals surface area contributed by atoms with Gasteiger partial charge in [-0.1, -0.05) is 32.9 Å². The topological polar surface area (TPSA) is 78.2 Å². The van der Waals surface area contributed by atoms with Crippen LogP contribution in [0, 0.1) is 17.2 Å². The van der Waals surface area contributed by atoms with E-state index >= 15 is 0 Å². The molecule has 2 aliphatic carbocycles. The molecule has 0 radical (unpaired) electrons. The zero-order chi connectivity index (χ0) is 16.9. The first kappa shape index (κ1) is 16.1. The van der Waals surface area contributed by atoms with Gasteiger partial charge in [-0.15, -0.1) is 0 Å². The number of hydrogen-bond donors (Lipinski definition) is 2. The van der Waals surface area contributed by atoms with Crippen LogP contribution in [0.4, 0.5) is 0 Å². The fourth-order valence-electron chi connectivity index (χ4n) is 4.08. The Morgan fingerprint density at radius 3 is 2.70 bits per heavy atom. The van der Waals surface area contributed by atoms with Crippen molar-refractivity contribution in [3.63, 3.8) is 0 Å². The summed E-state index contributed by atoms with van der Waals surface area (Å²) in [7, 11) is 0. The summed E-state index contributed by atoms with van der Waals surface area (Å²) in [5, 5.41) is 17.8. The van der Waals surface area contributed by atoms with Crippen molar-refractivity contribution in [2.75, 3.05) is 6.61 Å². The molecule has 0 fully saturated rings. The van der Waals surface area contributed by atoms with Gasteiger partial charge in [-0.05, 0) is 41.7 Å². The molecular weight excluding hydrogens is 290 g/mol. The van der Waals surface area contributed by atoms with E-state index in [1.807, 2.05) is 12.1 Å². The van der Waals surface area contributed by atoms with E-state index in [9.17, 15) is 14.7 Å². The van der Waals surface area contributed by atoms with Gasteiger partial charge < -0.3 is 10.5 Å². The molecule has 2 atom stereocenters. The molecule has 0 saturated heterocycles. The Kier molecular flexibility index (Phi) is 3.75. The minimum Gasteiger partial charge on any atom is -0.396 e. The van der Waals surface area contributed by atoms with Crippen LogP contribution in [0.2, 0.25) is 0 Å². The minimum atomic E-state index is -0.824. The van der Waals surface area contributed by atoms with Gasteiger partial charge in [0.15, 0.2) is 0 Å². The van der Waals surface area contributed by atoms with E-state index in [0.29, 0.717) is 11.1 Å². The second-order valence-electron chi connectivity index (χ2n) is 7.50. The van der Waals surface area contributed by atoms with Gasteiger partial charge in [-0.25, -0.2) is 0 Å². The van der Waals surface area contributed by atoms with E-state index < -0.39 is 23.4 Å². The highest BCUT2D eigenvalue weighted by atomic mass is 16.3. The number of carbonyl (C=O) groups excluding carboxylic acids is 2. The van der Waals surface area contributed by atoms with Crippen LogP contribution in [0.15, 0.2) is 12.1 Å². The van der Waals surface area contributed by atoms with Gasteiger partial charge in [0.25, 0.3) is 0 Å². The molecule has 2 N–H and O–H groups in total. The van der Waals surface area contributed by atoms with Crippen molar-refractivity contribution in [1.29, 1.82) is 5.41 Å². The van der Waals surface area contributed by atoms with Gasteiger partial charge in [-0.3, -0.25) is 9.59 Å². The number of fused-ring (bicyclic) bond motifs is 3. The Morgan fingerprint density at radius 1 is 1.35 bits per heavy atom. The summed E-state index contributed by atoms with van der Waals surface area (Å²) in [4.78, 5) is 25.3. The van der Waals surface area contributed by atoms with Crippen LogP contribution in [-0.2, 0) is 16.6 Å². The molecule has 1 aromatic rings. The second kappa shape index (κ2) is 5.38. The molecule has 4 heteroatoms. The smallest absolute Gasteiger partial charge is 0.230 e. The molecule has 0 saturated carbocycles. The number of carbonyl (C=O) groups is 2. The van der Waals surface area contributed by atoms with Gasteiger partial charge in [0.05, 0.1) is 11.6 Å². The van der Waals surface area contributed by atoms with Crippen molar-refractivity contribution in [3.8, 4) is 0 Å². The third-order valence-electron chi connectivity index (χ3n) is 5.46. The van der Waals surface area contributed by atoms with Crippen molar-refractivity contribution in [2.45, 2.75) is 45.4 Å². The lowest BCUT2D eigenvalue weighted by molar-refractivity contribution is -0.118. The van der Waals surface area contributed by atoms with E-state index in [4.69, 9.17) is 5.41 Å². The standard InChI is InChI=1S/C19H23NO3/c1-10(9-21)14-16(20)12-6-7-13-11(5-4-8-19(13,2)3)15(12)18(23)17(14)22/h6-7,10,14,20-21H,4-5,8-9H2,1-3H3. The monoisotopic (exact) mass is 313 g/mol. The number of Topliss-reactive ketones (excluding diaryl/α,β-unsaturated/α-hetero) is 2. The molecule has 122 valence electrons. The predicted octanol–water partition coefficient (Wildman–Crippen LogP) is 2.68. The highest BCUT2D eigenvalue weighted by Crippen LogP contribution is 2.41. The van der Waals surface area contributed by atoms with Crippen molar-refractivity contribution >= 4 is 17.3 Å². The molecule has 0 spiro atoms. The number of aliphatic hydroxyl groups is 1. The summed E-state index contributed by atoms with van der Waals surface area (Å²) in [5.41, 5.74) is 3.28. The third kappa shape index (κ3) is 2.27.